The van der Waals surface area contributed by atoms with Gasteiger partial charge in [0.05, 0.1) is 11.0 Å². The van der Waals surface area contributed by atoms with Gasteiger partial charge in [0.15, 0.2) is 0 Å². The smallest absolute Gasteiger partial charge is 0.110 e. The van der Waals surface area contributed by atoms with Crippen molar-refractivity contribution >= 4 is 35.8 Å². The van der Waals surface area contributed by atoms with E-state index in [9.17, 15) is 0 Å². The summed E-state index contributed by atoms with van der Waals surface area (Å²) in [5, 5.41) is 0. The van der Waals surface area contributed by atoms with E-state index >= 15 is 0 Å². The number of imidazole rings is 1. The van der Waals surface area contributed by atoms with Crippen molar-refractivity contribution < 1.29 is 0 Å². The number of aromatic amines is 1. The molecule has 1 saturated carbocycles. The average Bonchev–Trinajstić information content (AvgIpc) is 2.82. The van der Waals surface area contributed by atoms with Gasteiger partial charge >= 0.3 is 0 Å². The number of fused-ring (bicyclic) bond motifs is 1. The Kier molecular flexibility index (Phi) is 6.11. The van der Waals surface area contributed by atoms with E-state index in [1.165, 1.54) is 31.5 Å². The van der Waals surface area contributed by atoms with Crippen LogP contribution in [0, 0.1) is 5.92 Å². The lowest BCUT2D eigenvalue weighted by Gasteiger charge is -2.26. The molecule has 1 aromatic heterocycles. The van der Waals surface area contributed by atoms with Crippen LogP contribution in [-0.4, -0.2) is 16.5 Å². The van der Waals surface area contributed by atoms with Crippen LogP contribution in [0.2, 0.25) is 0 Å². The summed E-state index contributed by atoms with van der Waals surface area (Å²) >= 11 is 0. The molecule has 0 radical (unpaired) electrons. The summed E-state index contributed by atoms with van der Waals surface area (Å²) < 4.78 is 0. The van der Waals surface area contributed by atoms with Gasteiger partial charge in [-0.1, -0.05) is 12.1 Å². The molecule has 0 bridgehead atoms. The summed E-state index contributed by atoms with van der Waals surface area (Å²) in [6.45, 7) is 0.840. The summed E-state index contributed by atoms with van der Waals surface area (Å²) in [5.41, 5.74) is 7.97. The van der Waals surface area contributed by atoms with E-state index in [1.807, 2.05) is 6.07 Å². The number of halogens is 2. The first-order chi connectivity index (χ1) is 8.36. The van der Waals surface area contributed by atoms with Crippen molar-refractivity contribution in [2.75, 3.05) is 6.54 Å². The third-order valence-electron chi connectivity index (χ3n) is 3.97. The molecule has 3 nitrogen and oxygen atoms in total. The largest absolute Gasteiger partial charge is 0.342 e. The Morgan fingerprint density at radius 2 is 1.79 bits per heavy atom. The second kappa shape index (κ2) is 7.13. The number of H-pyrrole nitrogens is 1. The Balaban J connectivity index is 0.000000902. The van der Waals surface area contributed by atoms with Gasteiger partial charge in [-0.25, -0.2) is 4.98 Å². The van der Waals surface area contributed by atoms with Crippen LogP contribution in [0.3, 0.4) is 0 Å². The van der Waals surface area contributed by atoms with Crippen LogP contribution in [0.25, 0.3) is 11.0 Å². The number of hydrogen-bond donors (Lipinski definition) is 2. The molecule has 1 aromatic carbocycles. The van der Waals surface area contributed by atoms with E-state index in [2.05, 4.69) is 23.2 Å². The van der Waals surface area contributed by atoms with E-state index in [-0.39, 0.29) is 24.8 Å². The molecular formula is C14H21Cl2N3. The molecule has 1 aliphatic rings. The highest BCUT2D eigenvalue weighted by molar-refractivity contribution is 5.85. The molecule has 5 heteroatoms. The average molecular weight is 302 g/mol. The van der Waals surface area contributed by atoms with Gasteiger partial charge in [0.2, 0.25) is 0 Å². The summed E-state index contributed by atoms with van der Waals surface area (Å²) in [6, 6.07) is 8.26. The molecule has 3 N–H and O–H groups in total. The fourth-order valence-electron chi connectivity index (χ4n) is 2.84. The van der Waals surface area contributed by atoms with Gasteiger partial charge in [0, 0.05) is 5.92 Å². The Hall–Kier alpha value is -0.770. The minimum atomic E-state index is 0. The second-order valence-corrected chi connectivity index (χ2v) is 5.09. The molecule has 0 spiro atoms. The van der Waals surface area contributed by atoms with Crippen molar-refractivity contribution in [3.63, 3.8) is 0 Å². The molecule has 1 aliphatic carbocycles. The lowest BCUT2D eigenvalue weighted by atomic mass is 9.82. The standard InChI is InChI=1S/C14H19N3.2ClH/c15-9-10-5-7-11(8-6-10)14-16-12-3-1-2-4-13(12)17-14;;/h1-4,10-11H,5-9,15H2,(H,16,17);2*1H. The van der Waals surface area contributed by atoms with Crippen LogP contribution in [0.1, 0.15) is 37.4 Å². The van der Waals surface area contributed by atoms with Crippen LogP contribution < -0.4 is 5.73 Å². The van der Waals surface area contributed by atoms with Gasteiger partial charge in [0.1, 0.15) is 5.82 Å². The number of benzene rings is 1. The van der Waals surface area contributed by atoms with Crippen LogP contribution >= 0.6 is 24.8 Å². The highest BCUT2D eigenvalue weighted by atomic mass is 35.5. The molecule has 0 atom stereocenters. The first kappa shape index (κ1) is 16.3. The number of nitrogens with one attached hydrogen (secondary N) is 1. The number of aromatic nitrogens is 2. The molecule has 1 fully saturated rings. The molecule has 0 amide bonds. The molecule has 1 heterocycles. The number of nitrogens with zero attached hydrogens (tertiary/aromatic N) is 1. The summed E-state index contributed by atoms with van der Waals surface area (Å²) in [7, 11) is 0. The molecular weight excluding hydrogens is 281 g/mol. The fourth-order valence-corrected chi connectivity index (χ4v) is 2.84. The van der Waals surface area contributed by atoms with Gasteiger partial charge in [0.25, 0.3) is 0 Å². The maximum absolute atomic E-state index is 5.73. The molecule has 0 saturated heterocycles. The first-order valence-electron chi connectivity index (χ1n) is 6.51. The van der Waals surface area contributed by atoms with E-state index in [4.69, 9.17) is 10.7 Å². The monoisotopic (exact) mass is 301 g/mol. The summed E-state index contributed by atoms with van der Waals surface area (Å²) in [6.07, 6.45) is 4.94. The van der Waals surface area contributed by atoms with Gasteiger partial charge in [-0.3, -0.25) is 0 Å². The van der Waals surface area contributed by atoms with Crippen LogP contribution in [0.15, 0.2) is 24.3 Å². The molecule has 19 heavy (non-hydrogen) atoms. The molecule has 106 valence electrons. The van der Waals surface area contributed by atoms with Crippen molar-refractivity contribution in [3.05, 3.63) is 30.1 Å². The second-order valence-electron chi connectivity index (χ2n) is 5.09. The maximum atomic E-state index is 5.73. The highest BCUT2D eigenvalue weighted by Crippen LogP contribution is 2.34. The van der Waals surface area contributed by atoms with Gasteiger partial charge < -0.3 is 10.7 Å². The van der Waals surface area contributed by atoms with Crippen LogP contribution in [-0.2, 0) is 0 Å². The van der Waals surface area contributed by atoms with E-state index in [0.717, 1.165) is 23.5 Å². The zero-order chi connectivity index (χ0) is 11.7. The van der Waals surface area contributed by atoms with Crippen LogP contribution in [0.5, 0.6) is 0 Å². The predicted molar refractivity (Wildman–Crippen MR) is 84.3 cm³/mol. The zero-order valence-corrected chi connectivity index (χ0v) is 12.5. The molecule has 2 aromatic rings. The minimum absolute atomic E-state index is 0. The quantitative estimate of drug-likeness (QED) is 0.890. The van der Waals surface area contributed by atoms with Crippen molar-refractivity contribution in [1.29, 1.82) is 0 Å². The maximum Gasteiger partial charge on any atom is 0.110 e. The fraction of sp³-hybridized carbons (Fsp3) is 0.500. The van der Waals surface area contributed by atoms with E-state index in [1.54, 1.807) is 0 Å². The molecule has 0 aliphatic heterocycles. The van der Waals surface area contributed by atoms with Crippen molar-refractivity contribution in [2.45, 2.75) is 31.6 Å². The van der Waals surface area contributed by atoms with E-state index in [0.29, 0.717) is 5.92 Å². The third kappa shape index (κ3) is 3.41. The SMILES string of the molecule is Cl.Cl.NCC1CCC(c2nc3ccccc3[nH]2)CC1. The summed E-state index contributed by atoms with van der Waals surface area (Å²) in [5.74, 6) is 2.50. The Labute approximate surface area is 126 Å². The number of para-hydroxylation sites is 2. The Morgan fingerprint density at radius 3 is 2.42 bits per heavy atom. The predicted octanol–water partition coefficient (Wildman–Crippen LogP) is 3.64. The third-order valence-corrected chi connectivity index (χ3v) is 3.97. The zero-order valence-electron chi connectivity index (χ0n) is 10.8. The first-order valence-corrected chi connectivity index (χ1v) is 6.51. The number of rotatable bonds is 2. The topological polar surface area (TPSA) is 54.7 Å². The van der Waals surface area contributed by atoms with Gasteiger partial charge in [-0.2, -0.15) is 0 Å². The minimum Gasteiger partial charge on any atom is -0.342 e. The Morgan fingerprint density at radius 1 is 1.11 bits per heavy atom. The molecule has 0 unspecified atom stereocenters. The molecule has 3 rings (SSSR count). The number of nitrogens with two attached hydrogens (primary N) is 1. The Bertz CT molecular complexity index is 471. The van der Waals surface area contributed by atoms with Crippen molar-refractivity contribution in [3.8, 4) is 0 Å². The van der Waals surface area contributed by atoms with Crippen molar-refractivity contribution in [2.24, 2.45) is 11.7 Å². The van der Waals surface area contributed by atoms with E-state index < -0.39 is 0 Å². The van der Waals surface area contributed by atoms with Gasteiger partial charge in [-0.15, -0.1) is 24.8 Å². The normalized spacial score (nSPS) is 22.6. The van der Waals surface area contributed by atoms with Crippen LogP contribution in [0.4, 0.5) is 0 Å². The number of hydrogen-bond acceptors (Lipinski definition) is 2. The van der Waals surface area contributed by atoms with Crippen molar-refractivity contribution in [1.82, 2.24) is 9.97 Å². The summed E-state index contributed by atoms with van der Waals surface area (Å²) in [4.78, 5) is 8.16. The highest BCUT2D eigenvalue weighted by Gasteiger charge is 2.23. The lowest BCUT2D eigenvalue weighted by molar-refractivity contribution is 0.326. The van der Waals surface area contributed by atoms with Gasteiger partial charge in [-0.05, 0) is 50.3 Å². The lowest BCUT2D eigenvalue weighted by Crippen LogP contribution is -2.21.